The van der Waals surface area contributed by atoms with Crippen LogP contribution in [0.3, 0.4) is 0 Å². The van der Waals surface area contributed by atoms with Crippen molar-refractivity contribution in [1.29, 1.82) is 0 Å². The summed E-state index contributed by atoms with van der Waals surface area (Å²) in [5.74, 6) is 0.837. The van der Waals surface area contributed by atoms with Crippen LogP contribution in [0, 0.1) is 0 Å². The van der Waals surface area contributed by atoms with Crippen LogP contribution in [0.5, 0.6) is 0 Å². The van der Waals surface area contributed by atoms with Crippen molar-refractivity contribution in [2.45, 2.75) is 11.4 Å². The monoisotopic (exact) mass is 469 g/mol. The number of rotatable bonds is 6. The van der Waals surface area contributed by atoms with Crippen molar-refractivity contribution in [2.75, 3.05) is 50.6 Å². The van der Waals surface area contributed by atoms with Crippen LogP contribution in [-0.2, 0) is 21.3 Å². The minimum absolute atomic E-state index is 0.154. The Labute approximate surface area is 187 Å². The highest BCUT2D eigenvalue weighted by molar-refractivity contribution is 7.89. The Morgan fingerprint density at radius 2 is 2.03 bits per heavy atom. The second-order valence-electron chi connectivity index (χ2n) is 6.85. The number of aromatic nitrogens is 1. The molecule has 0 aliphatic carbocycles. The van der Waals surface area contributed by atoms with Crippen LogP contribution in [0.4, 0.5) is 11.5 Å². The molecule has 162 valence electrons. The van der Waals surface area contributed by atoms with E-state index < -0.39 is 10.0 Å². The van der Waals surface area contributed by atoms with Crippen molar-refractivity contribution in [3.63, 3.8) is 0 Å². The lowest BCUT2D eigenvalue weighted by molar-refractivity contribution is 0.0730. The largest absolute Gasteiger partial charge is 0.379 e. The molecule has 2 N–H and O–H groups in total. The van der Waals surface area contributed by atoms with Crippen LogP contribution in [0.25, 0.3) is 0 Å². The molecule has 0 radical (unpaired) electrons. The van der Waals surface area contributed by atoms with Crippen molar-refractivity contribution in [2.24, 2.45) is 0 Å². The van der Waals surface area contributed by atoms with E-state index in [2.05, 4.69) is 15.6 Å². The maximum Gasteiger partial charge on any atom is 0.243 e. The molecule has 0 unspecified atom stereocenters. The number of nitrogens with zero attached hydrogens (tertiary/aromatic N) is 3. The predicted molar refractivity (Wildman–Crippen MR) is 123 cm³/mol. The standard InChI is InChI=1S/C19H24ClN5O3S2/c1-24(2)18-14(4-3-7-21-18)13-22-19(29)23-17-12-15(5-6-16(17)20)30(26,27)25-8-10-28-11-9-25/h3-7,12H,8-11,13H2,1-2H3,(H2,22,23,29). The number of ether oxygens (including phenoxy) is 1. The molecule has 2 aromatic rings. The summed E-state index contributed by atoms with van der Waals surface area (Å²) in [6.45, 7) is 1.88. The van der Waals surface area contributed by atoms with E-state index in [4.69, 9.17) is 28.6 Å². The van der Waals surface area contributed by atoms with Gasteiger partial charge in [-0.15, -0.1) is 0 Å². The molecule has 1 aromatic carbocycles. The Morgan fingerprint density at radius 3 is 2.73 bits per heavy atom. The molecule has 0 saturated carbocycles. The van der Waals surface area contributed by atoms with Crippen molar-refractivity contribution < 1.29 is 13.2 Å². The second kappa shape index (κ2) is 9.88. The van der Waals surface area contributed by atoms with Gasteiger partial charge in [-0.25, -0.2) is 13.4 Å². The van der Waals surface area contributed by atoms with Gasteiger partial charge in [-0.05, 0) is 36.5 Å². The smallest absolute Gasteiger partial charge is 0.243 e. The molecule has 0 atom stereocenters. The van der Waals surface area contributed by atoms with Crippen molar-refractivity contribution in [1.82, 2.24) is 14.6 Å². The molecule has 30 heavy (non-hydrogen) atoms. The second-order valence-corrected chi connectivity index (χ2v) is 9.60. The van der Waals surface area contributed by atoms with Crippen molar-refractivity contribution in [3.05, 3.63) is 47.1 Å². The topological polar surface area (TPSA) is 86.8 Å². The minimum atomic E-state index is -3.63. The molecule has 11 heteroatoms. The summed E-state index contributed by atoms with van der Waals surface area (Å²) in [7, 11) is 0.208. The third kappa shape index (κ3) is 5.38. The number of halogens is 1. The normalized spacial score (nSPS) is 14.9. The van der Waals surface area contributed by atoms with E-state index in [-0.39, 0.29) is 4.90 Å². The van der Waals surface area contributed by atoms with E-state index in [1.54, 1.807) is 12.3 Å². The van der Waals surface area contributed by atoms with Gasteiger partial charge in [0.25, 0.3) is 0 Å². The number of hydrogen-bond acceptors (Lipinski definition) is 6. The summed E-state index contributed by atoms with van der Waals surface area (Å²) >= 11 is 11.6. The summed E-state index contributed by atoms with van der Waals surface area (Å²) in [6.07, 6.45) is 1.73. The fourth-order valence-electron chi connectivity index (χ4n) is 3.01. The average molecular weight is 470 g/mol. The fraction of sp³-hybridized carbons (Fsp3) is 0.368. The highest BCUT2D eigenvalue weighted by Gasteiger charge is 2.27. The van der Waals surface area contributed by atoms with Crippen LogP contribution < -0.4 is 15.5 Å². The number of benzene rings is 1. The molecule has 1 aliphatic rings. The zero-order valence-corrected chi connectivity index (χ0v) is 19.1. The van der Waals surface area contributed by atoms with Crippen molar-refractivity contribution >= 4 is 50.5 Å². The molecule has 8 nitrogen and oxygen atoms in total. The predicted octanol–water partition coefficient (Wildman–Crippen LogP) is 2.31. The van der Waals surface area contributed by atoms with Crippen LogP contribution in [0.1, 0.15) is 5.56 Å². The number of sulfonamides is 1. The number of nitrogens with one attached hydrogen (secondary N) is 2. The lowest BCUT2D eigenvalue weighted by atomic mass is 10.2. The molecular weight excluding hydrogens is 446 g/mol. The minimum Gasteiger partial charge on any atom is -0.379 e. The van der Waals surface area contributed by atoms with Gasteiger partial charge in [0, 0.05) is 45.5 Å². The van der Waals surface area contributed by atoms with Gasteiger partial charge in [0.1, 0.15) is 5.82 Å². The number of anilines is 2. The fourth-order valence-corrected chi connectivity index (χ4v) is 4.79. The maximum absolute atomic E-state index is 12.9. The average Bonchev–Trinajstić information content (AvgIpc) is 2.74. The van der Waals surface area contributed by atoms with Gasteiger partial charge in [0.2, 0.25) is 10.0 Å². The molecule has 0 bridgehead atoms. The zero-order valence-electron chi connectivity index (χ0n) is 16.8. The molecule has 1 aromatic heterocycles. The van der Waals surface area contributed by atoms with E-state index in [9.17, 15) is 8.42 Å². The van der Waals surface area contributed by atoms with Gasteiger partial charge >= 0.3 is 0 Å². The zero-order chi connectivity index (χ0) is 21.7. The summed E-state index contributed by atoms with van der Waals surface area (Å²) in [4.78, 5) is 6.43. The first-order valence-corrected chi connectivity index (χ1v) is 11.5. The first-order valence-electron chi connectivity index (χ1n) is 9.32. The van der Waals surface area contributed by atoms with E-state index in [1.165, 1.54) is 16.4 Å². The van der Waals surface area contributed by atoms with E-state index in [0.717, 1.165) is 11.4 Å². The molecule has 1 aliphatic heterocycles. The molecule has 1 saturated heterocycles. The van der Waals surface area contributed by atoms with Crippen molar-refractivity contribution in [3.8, 4) is 0 Å². The molecule has 1 fully saturated rings. The van der Waals surface area contributed by atoms with Gasteiger partial charge in [-0.1, -0.05) is 17.7 Å². The van der Waals surface area contributed by atoms with Gasteiger partial charge in [0.15, 0.2) is 5.11 Å². The highest BCUT2D eigenvalue weighted by atomic mass is 35.5. The summed E-state index contributed by atoms with van der Waals surface area (Å²) < 4.78 is 32.4. The van der Waals surface area contributed by atoms with Crippen LogP contribution in [-0.4, -0.2) is 63.2 Å². The first-order chi connectivity index (χ1) is 14.3. The van der Waals surface area contributed by atoms with E-state index >= 15 is 0 Å². The van der Waals surface area contributed by atoms with E-state index in [1.807, 2.05) is 31.1 Å². The van der Waals surface area contributed by atoms with Crippen LogP contribution in [0.15, 0.2) is 41.4 Å². The lowest BCUT2D eigenvalue weighted by Crippen LogP contribution is -2.40. The SMILES string of the molecule is CN(C)c1ncccc1CNC(=S)Nc1cc(S(=O)(=O)N2CCOCC2)ccc1Cl. The first kappa shape index (κ1) is 22.7. The number of hydrogen-bond donors (Lipinski definition) is 2. The Bertz CT molecular complexity index is 1010. The number of morpholine rings is 1. The third-order valence-corrected chi connectivity index (χ3v) is 6.99. The van der Waals surface area contributed by atoms with Gasteiger partial charge in [-0.3, -0.25) is 0 Å². The van der Waals surface area contributed by atoms with Crippen LogP contribution in [0.2, 0.25) is 5.02 Å². The van der Waals surface area contributed by atoms with Gasteiger partial charge in [-0.2, -0.15) is 4.31 Å². The molecule has 2 heterocycles. The Morgan fingerprint density at radius 1 is 1.30 bits per heavy atom. The number of pyridine rings is 1. The van der Waals surface area contributed by atoms with Crippen LogP contribution >= 0.6 is 23.8 Å². The summed E-state index contributed by atoms with van der Waals surface area (Å²) in [5.41, 5.74) is 1.39. The summed E-state index contributed by atoms with van der Waals surface area (Å²) in [5, 5.41) is 6.80. The quantitative estimate of drug-likeness (QED) is 0.623. The molecular formula is C19H24ClN5O3S2. The molecule has 0 amide bonds. The Hall–Kier alpha value is -1.98. The Kier molecular flexibility index (Phi) is 7.48. The maximum atomic E-state index is 12.9. The lowest BCUT2D eigenvalue weighted by Gasteiger charge is -2.26. The van der Waals surface area contributed by atoms with Gasteiger partial charge < -0.3 is 20.3 Å². The Balaban J connectivity index is 1.71. The van der Waals surface area contributed by atoms with Gasteiger partial charge in [0.05, 0.1) is 28.8 Å². The van der Waals surface area contributed by atoms with E-state index in [0.29, 0.717) is 48.7 Å². The highest BCUT2D eigenvalue weighted by Crippen LogP contribution is 2.27. The summed E-state index contributed by atoms with van der Waals surface area (Å²) in [6, 6.07) is 8.35. The third-order valence-electron chi connectivity index (χ3n) is 4.52. The molecule has 0 spiro atoms. The number of thiocarbonyl (C=S) groups is 1. The molecule has 3 rings (SSSR count).